The summed E-state index contributed by atoms with van der Waals surface area (Å²) in [5.41, 5.74) is 6.50. The largest absolute Gasteiger partial charge is 0.299 e. The predicted octanol–water partition coefficient (Wildman–Crippen LogP) is 6.55. The molecule has 2 aliphatic heterocycles. The monoisotopic (exact) mass is 480 g/mol. The van der Waals surface area contributed by atoms with Crippen LogP contribution in [0.4, 0.5) is 0 Å². The van der Waals surface area contributed by atoms with Crippen LogP contribution in [0.1, 0.15) is 64.7 Å². The molecule has 3 heteroatoms. The number of aryl methyl sites for hydroxylation is 1. The first-order valence-corrected chi connectivity index (χ1v) is 13.9. The van der Waals surface area contributed by atoms with Crippen LogP contribution in [0.2, 0.25) is 0 Å². The van der Waals surface area contributed by atoms with Crippen LogP contribution in [0.15, 0.2) is 78.9 Å². The first-order valence-electron chi connectivity index (χ1n) is 13.9. The van der Waals surface area contributed by atoms with E-state index in [4.69, 9.17) is 0 Å². The first kappa shape index (κ1) is 24.9. The Kier molecular flexibility index (Phi) is 8.63. The molecule has 2 aliphatic rings. The summed E-state index contributed by atoms with van der Waals surface area (Å²) in [6, 6.07) is 28.1. The minimum Gasteiger partial charge on any atom is -0.299 e. The zero-order valence-corrected chi connectivity index (χ0v) is 21.6. The highest BCUT2D eigenvalue weighted by molar-refractivity contribution is 5.96. The summed E-state index contributed by atoms with van der Waals surface area (Å²) in [4.78, 5) is 18.3. The number of nitrogens with zero attached hydrogens (tertiary/aromatic N) is 2. The van der Waals surface area contributed by atoms with Gasteiger partial charge in [0.15, 0.2) is 5.78 Å². The van der Waals surface area contributed by atoms with E-state index >= 15 is 0 Å². The van der Waals surface area contributed by atoms with Crippen LogP contribution < -0.4 is 0 Å². The number of hydrogen-bond donors (Lipinski definition) is 0. The van der Waals surface area contributed by atoms with Gasteiger partial charge in [-0.05, 0) is 92.4 Å². The Morgan fingerprint density at radius 3 is 2.25 bits per heavy atom. The number of carbonyl (C=O) groups is 1. The van der Waals surface area contributed by atoms with Gasteiger partial charge in [0, 0.05) is 31.6 Å². The van der Waals surface area contributed by atoms with Gasteiger partial charge in [-0.3, -0.25) is 14.6 Å². The van der Waals surface area contributed by atoms with Crippen LogP contribution >= 0.6 is 0 Å². The molecule has 0 spiro atoms. The van der Waals surface area contributed by atoms with Crippen LogP contribution in [0, 0.1) is 5.92 Å². The number of likely N-dealkylation sites (tertiary alicyclic amines) is 1. The molecule has 0 N–H and O–H groups in total. The summed E-state index contributed by atoms with van der Waals surface area (Å²) < 4.78 is 0. The lowest BCUT2D eigenvalue weighted by Gasteiger charge is -2.32. The van der Waals surface area contributed by atoms with E-state index in [0.717, 1.165) is 64.1 Å². The Morgan fingerprint density at radius 2 is 1.50 bits per heavy atom. The molecular weight excluding hydrogens is 440 g/mol. The first-order chi connectivity index (χ1) is 17.7. The predicted molar refractivity (Wildman–Crippen MR) is 148 cm³/mol. The van der Waals surface area contributed by atoms with Gasteiger partial charge in [-0.15, -0.1) is 0 Å². The molecule has 3 nitrogen and oxygen atoms in total. The number of benzene rings is 3. The summed E-state index contributed by atoms with van der Waals surface area (Å²) in [7, 11) is 0. The summed E-state index contributed by atoms with van der Waals surface area (Å²) in [5.74, 6) is 1.000. The van der Waals surface area contributed by atoms with Crippen molar-refractivity contribution in [2.45, 2.75) is 58.0 Å². The van der Waals surface area contributed by atoms with E-state index in [-0.39, 0.29) is 0 Å². The van der Waals surface area contributed by atoms with Crippen molar-refractivity contribution >= 4 is 5.78 Å². The number of ketones is 1. The van der Waals surface area contributed by atoms with Gasteiger partial charge in [-0.2, -0.15) is 0 Å². The normalized spacial score (nSPS) is 17.4. The highest BCUT2D eigenvalue weighted by Crippen LogP contribution is 2.26. The Labute approximate surface area is 217 Å². The SMILES string of the molecule is O=C(CCC1CCN(Cc2ccccc2)CC1)c1ccc2c(c1)CN(CCc1ccccc1)CCC2. The maximum Gasteiger partial charge on any atom is 0.162 e. The number of rotatable bonds is 9. The molecule has 1 fully saturated rings. The van der Waals surface area contributed by atoms with Crippen LogP contribution in [-0.2, 0) is 25.9 Å². The zero-order chi connectivity index (χ0) is 24.6. The second kappa shape index (κ2) is 12.5. The number of hydrogen-bond acceptors (Lipinski definition) is 3. The number of piperidine rings is 1. The lowest BCUT2D eigenvalue weighted by Crippen LogP contribution is -2.33. The summed E-state index contributed by atoms with van der Waals surface area (Å²) >= 11 is 0. The second-order valence-corrected chi connectivity index (χ2v) is 10.8. The molecule has 0 saturated carbocycles. The summed E-state index contributed by atoms with van der Waals surface area (Å²) in [6.45, 7) is 6.50. The van der Waals surface area contributed by atoms with E-state index in [9.17, 15) is 4.79 Å². The molecule has 0 aliphatic carbocycles. The average Bonchev–Trinajstić information content (AvgIpc) is 3.14. The van der Waals surface area contributed by atoms with Gasteiger partial charge < -0.3 is 0 Å². The maximum absolute atomic E-state index is 13.1. The summed E-state index contributed by atoms with van der Waals surface area (Å²) in [6.07, 6.45) is 7.52. The molecule has 0 bridgehead atoms. The molecule has 36 heavy (non-hydrogen) atoms. The van der Waals surface area contributed by atoms with E-state index in [1.807, 2.05) is 0 Å². The molecule has 5 rings (SSSR count). The minimum atomic E-state index is 0.324. The third-order valence-corrected chi connectivity index (χ3v) is 8.14. The number of carbonyl (C=O) groups excluding carboxylic acids is 1. The maximum atomic E-state index is 13.1. The van der Waals surface area contributed by atoms with Crippen molar-refractivity contribution in [1.82, 2.24) is 9.80 Å². The molecule has 2 heterocycles. The average molecular weight is 481 g/mol. The van der Waals surface area contributed by atoms with Crippen molar-refractivity contribution in [2.24, 2.45) is 5.92 Å². The quantitative estimate of drug-likeness (QED) is 0.324. The van der Waals surface area contributed by atoms with Crippen molar-refractivity contribution in [2.75, 3.05) is 26.2 Å². The van der Waals surface area contributed by atoms with Gasteiger partial charge in [-0.1, -0.05) is 72.8 Å². The Bertz CT molecular complexity index is 1100. The van der Waals surface area contributed by atoms with E-state index in [0.29, 0.717) is 18.1 Å². The third kappa shape index (κ3) is 6.93. The van der Waals surface area contributed by atoms with Gasteiger partial charge in [-0.25, -0.2) is 0 Å². The third-order valence-electron chi connectivity index (χ3n) is 8.14. The zero-order valence-electron chi connectivity index (χ0n) is 21.6. The van der Waals surface area contributed by atoms with Crippen molar-refractivity contribution in [1.29, 1.82) is 0 Å². The van der Waals surface area contributed by atoms with Crippen molar-refractivity contribution in [3.8, 4) is 0 Å². The molecule has 0 amide bonds. The standard InChI is InChI=1S/C33H40N2O/c36-33(16-13-28-18-22-35(23-19-28)25-29-10-5-2-6-11-29)31-15-14-30-12-7-20-34(26-32(30)24-31)21-17-27-8-3-1-4-9-27/h1-6,8-11,14-15,24,28H,7,12-13,16-23,25-26H2. The van der Waals surface area contributed by atoms with E-state index in [2.05, 4.69) is 88.7 Å². The van der Waals surface area contributed by atoms with Crippen LogP contribution in [0.25, 0.3) is 0 Å². The Hall–Kier alpha value is -2.75. The number of Topliss-reactive ketones (excluding diaryl/α,β-unsaturated/α-hetero) is 1. The molecule has 0 atom stereocenters. The minimum absolute atomic E-state index is 0.324. The smallest absolute Gasteiger partial charge is 0.162 e. The molecule has 188 valence electrons. The molecular formula is C33H40N2O. The lowest BCUT2D eigenvalue weighted by atomic mass is 9.89. The van der Waals surface area contributed by atoms with Gasteiger partial charge in [0.05, 0.1) is 0 Å². The van der Waals surface area contributed by atoms with Crippen LogP contribution in [0.5, 0.6) is 0 Å². The fourth-order valence-corrected chi connectivity index (χ4v) is 5.88. The van der Waals surface area contributed by atoms with Crippen molar-refractivity contribution in [3.05, 3.63) is 107 Å². The van der Waals surface area contributed by atoms with E-state index in [1.54, 1.807) is 0 Å². The highest BCUT2D eigenvalue weighted by atomic mass is 16.1. The molecule has 1 saturated heterocycles. The number of fused-ring (bicyclic) bond motifs is 1. The lowest BCUT2D eigenvalue weighted by molar-refractivity contribution is 0.0961. The van der Waals surface area contributed by atoms with Crippen molar-refractivity contribution in [3.63, 3.8) is 0 Å². The molecule has 3 aromatic carbocycles. The fraction of sp³-hybridized carbons (Fsp3) is 0.424. The second-order valence-electron chi connectivity index (χ2n) is 10.8. The summed E-state index contributed by atoms with van der Waals surface area (Å²) in [5, 5.41) is 0. The fourth-order valence-electron chi connectivity index (χ4n) is 5.88. The van der Waals surface area contributed by atoms with Gasteiger partial charge >= 0.3 is 0 Å². The van der Waals surface area contributed by atoms with Gasteiger partial charge in [0.1, 0.15) is 0 Å². The Morgan fingerprint density at radius 1 is 0.778 bits per heavy atom. The van der Waals surface area contributed by atoms with Crippen LogP contribution in [-0.4, -0.2) is 41.8 Å². The molecule has 0 aromatic heterocycles. The topological polar surface area (TPSA) is 23.6 Å². The molecule has 3 aromatic rings. The van der Waals surface area contributed by atoms with E-state index in [1.165, 1.54) is 41.5 Å². The Balaban J connectivity index is 1.10. The van der Waals surface area contributed by atoms with Gasteiger partial charge in [0.25, 0.3) is 0 Å². The van der Waals surface area contributed by atoms with E-state index < -0.39 is 0 Å². The van der Waals surface area contributed by atoms with Crippen molar-refractivity contribution < 1.29 is 4.79 Å². The highest BCUT2D eigenvalue weighted by Gasteiger charge is 2.21. The molecule has 0 unspecified atom stereocenters. The van der Waals surface area contributed by atoms with Crippen LogP contribution in [0.3, 0.4) is 0 Å². The van der Waals surface area contributed by atoms with Gasteiger partial charge in [0.2, 0.25) is 0 Å². The molecule has 0 radical (unpaired) electrons.